The van der Waals surface area contributed by atoms with E-state index in [2.05, 4.69) is 24.1 Å². The van der Waals surface area contributed by atoms with E-state index >= 15 is 0 Å². The minimum atomic E-state index is -0.632. The summed E-state index contributed by atoms with van der Waals surface area (Å²) in [6.45, 7) is 7.62. The molecule has 116 valence electrons. The number of hydrogen-bond donors (Lipinski definition) is 2. The van der Waals surface area contributed by atoms with Crippen molar-refractivity contribution in [1.29, 1.82) is 0 Å². The van der Waals surface area contributed by atoms with Gasteiger partial charge in [0.25, 0.3) is 0 Å². The number of carboxylic acids is 1. The molecule has 0 aromatic rings. The van der Waals surface area contributed by atoms with E-state index in [-0.39, 0.29) is 0 Å². The highest BCUT2D eigenvalue weighted by molar-refractivity contribution is 5.80. The van der Waals surface area contributed by atoms with Crippen LogP contribution < -0.4 is 5.32 Å². The Morgan fingerprint density at radius 2 is 2.05 bits per heavy atom. The van der Waals surface area contributed by atoms with Crippen LogP contribution in [0.15, 0.2) is 0 Å². The lowest BCUT2D eigenvalue weighted by Gasteiger charge is -2.34. The van der Waals surface area contributed by atoms with Gasteiger partial charge in [0.2, 0.25) is 0 Å². The number of nitrogens with one attached hydrogen (secondary N) is 1. The highest BCUT2D eigenvalue weighted by atomic mass is 16.4. The molecule has 0 heterocycles. The minimum absolute atomic E-state index is 0.298. The average molecular weight is 282 g/mol. The van der Waals surface area contributed by atoms with E-state index < -0.39 is 11.5 Å². The fraction of sp³-hybridized carbons (Fsp3) is 0.938. The van der Waals surface area contributed by atoms with Gasteiger partial charge in [-0.2, -0.15) is 0 Å². The molecule has 0 amide bonds. The van der Waals surface area contributed by atoms with Crippen LogP contribution in [0.2, 0.25) is 0 Å². The van der Waals surface area contributed by atoms with E-state index in [1.807, 2.05) is 0 Å². The molecule has 0 spiro atoms. The normalized spacial score (nSPS) is 30.1. The van der Waals surface area contributed by atoms with Crippen molar-refractivity contribution in [3.05, 3.63) is 0 Å². The zero-order chi connectivity index (χ0) is 14.6. The summed E-state index contributed by atoms with van der Waals surface area (Å²) < 4.78 is 0. The average Bonchev–Trinajstić information content (AvgIpc) is 3.14. The molecule has 2 rings (SSSR count). The van der Waals surface area contributed by atoms with Crippen LogP contribution in [-0.2, 0) is 4.79 Å². The minimum Gasteiger partial charge on any atom is -0.480 e. The fourth-order valence-electron chi connectivity index (χ4n) is 3.68. The van der Waals surface area contributed by atoms with Gasteiger partial charge in [-0.3, -0.25) is 10.1 Å². The summed E-state index contributed by atoms with van der Waals surface area (Å²) in [5.41, 5.74) is -0.632. The van der Waals surface area contributed by atoms with Crippen LogP contribution in [0, 0.1) is 5.92 Å². The third-order valence-electron chi connectivity index (χ3n) is 5.02. The molecule has 0 bridgehead atoms. The summed E-state index contributed by atoms with van der Waals surface area (Å²) >= 11 is 0. The summed E-state index contributed by atoms with van der Waals surface area (Å²) in [5, 5.41) is 13.2. The second-order valence-corrected chi connectivity index (χ2v) is 6.51. The molecule has 0 saturated heterocycles. The van der Waals surface area contributed by atoms with Crippen LogP contribution in [-0.4, -0.2) is 47.2 Å². The molecule has 2 atom stereocenters. The van der Waals surface area contributed by atoms with Crippen molar-refractivity contribution in [2.45, 2.75) is 70.4 Å². The number of hydrogen-bond acceptors (Lipinski definition) is 3. The van der Waals surface area contributed by atoms with Crippen LogP contribution in [0.25, 0.3) is 0 Å². The van der Waals surface area contributed by atoms with Crippen molar-refractivity contribution in [3.63, 3.8) is 0 Å². The highest BCUT2D eigenvalue weighted by Crippen LogP contribution is 2.40. The van der Waals surface area contributed by atoms with Gasteiger partial charge in [0.05, 0.1) is 0 Å². The van der Waals surface area contributed by atoms with E-state index in [0.29, 0.717) is 12.0 Å². The first-order valence-corrected chi connectivity index (χ1v) is 8.35. The third-order valence-corrected chi connectivity index (χ3v) is 5.02. The molecular weight excluding hydrogens is 252 g/mol. The molecule has 2 aliphatic carbocycles. The molecule has 2 fully saturated rings. The Hall–Kier alpha value is -0.610. The van der Waals surface area contributed by atoms with E-state index in [9.17, 15) is 9.90 Å². The SMILES string of the molecule is CCCN(CC)CCC1CCCC1(NC1CC1)C(=O)O. The first-order chi connectivity index (χ1) is 9.62. The standard InChI is InChI=1S/C16H30N2O2/c1-3-11-18(4-2)12-9-13-6-5-10-16(13,15(19)20)17-14-7-8-14/h13-14,17H,3-12H2,1-2H3,(H,19,20). The molecular formula is C16H30N2O2. The van der Waals surface area contributed by atoms with Gasteiger partial charge in [-0.15, -0.1) is 0 Å². The van der Waals surface area contributed by atoms with Gasteiger partial charge in [0.1, 0.15) is 5.54 Å². The maximum atomic E-state index is 11.9. The molecule has 2 unspecified atom stereocenters. The Morgan fingerprint density at radius 1 is 1.30 bits per heavy atom. The Morgan fingerprint density at radius 3 is 2.60 bits per heavy atom. The Labute approximate surface area is 122 Å². The number of aliphatic carboxylic acids is 1. The van der Waals surface area contributed by atoms with Crippen LogP contribution in [0.3, 0.4) is 0 Å². The Balaban J connectivity index is 1.95. The lowest BCUT2D eigenvalue weighted by Crippen LogP contribution is -2.56. The van der Waals surface area contributed by atoms with Crippen molar-refractivity contribution < 1.29 is 9.90 Å². The molecule has 2 N–H and O–H groups in total. The lowest BCUT2D eigenvalue weighted by atomic mass is 9.84. The van der Waals surface area contributed by atoms with Gasteiger partial charge < -0.3 is 10.0 Å². The molecule has 0 aromatic carbocycles. The number of carboxylic acid groups (broad SMARTS) is 1. The summed E-state index contributed by atoms with van der Waals surface area (Å²) in [7, 11) is 0. The lowest BCUT2D eigenvalue weighted by molar-refractivity contribution is -0.147. The number of rotatable bonds is 9. The zero-order valence-corrected chi connectivity index (χ0v) is 13.0. The Bertz CT molecular complexity index is 330. The van der Waals surface area contributed by atoms with Gasteiger partial charge in [-0.05, 0) is 64.1 Å². The summed E-state index contributed by atoms with van der Waals surface area (Å²) in [5.74, 6) is -0.322. The third kappa shape index (κ3) is 3.53. The summed E-state index contributed by atoms with van der Waals surface area (Å²) in [6.07, 6.45) is 7.41. The maximum absolute atomic E-state index is 11.9. The van der Waals surface area contributed by atoms with Crippen LogP contribution in [0.1, 0.15) is 58.8 Å². The smallest absolute Gasteiger partial charge is 0.324 e. The predicted molar refractivity (Wildman–Crippen MR) is 80.9 cm³/mol. The molecule has 2 saturated carbocycles. The summed E-state index contributed by atoms with van der Waals surface area (Å²) in [6, 6.07) is 0.463. The number of carbonyl (C=O) groups is 1. The van der Waals surface area contributed by atoms with Crippen molar-refractivity contribution in [2.24, 2.45) is 5.92 Å². The van der Waals surface area contributed by atoms with Crippen molar-refractivity contribution >= 4 is 5.97 Å². The molecule has 2 aliphatic rings. The second kappa shape index (κ2) is 6.90. The van der Waals surface area contributed by atoms with E-state index in [1.165, 1.54) is 6.42 Å². The van der Waals surface area contributed by atoms with Gasteiger partial charge in [-0.1, -0.05) is 20.3 Å². The van der Waals surface area contributed by atoms with Crippen LogP contribution in [0.5, 0.6) is 0 Å². The van der Waals surface area contributed by atoms with Crippen LogP contribution >= 0.6 is 0 Å². The first-order valence-electron chi connectivity index (χ1n) is 8.35. The molecule has 0 aromatic heterocycles. The number of nitrogens with zero attached hydrogens (tertiary/aromatic N) is 1. The molecule has 20 heavy (non-hydrogen) atoms. The second-order valence-electron chi connectivity index (χ2n) is 6.51. The molecule has 4 heteroatoms. The van der Waals surface area contributed by atoms with Crippen molar-refractivity contribution in [2.75, 3.05) is 19.6 Å². The van der Waals surface area contributed by atoms with Crippen LogP contribution in [0.4, 0.5) is 0 Å². The quantitative estimate of drug-likeness (QED) is 0.682. The van der Waals surface area contributed by atoms with Gasteiger partial charge in [0, 0.05) is 6.04 Å². The van der Waals surface area contributed by atoms with Gasteiger partial charge in [0.15, 0.2) is 0 Å². The molecule has 0 radical (unpaired) electrons. The molecule has 4 nitrogen and oxygen atoms in total. The van der Waals surface area contributed by atoms with Gasteiger partial charge >= 0.3 is 5.97 Å². The predicted octanol–water partition coefficient (Wildman–Crippen LogP) is 2.48. The van der Waals surface area contributed by atoms with Gasteiger partial charge in [-0.25, -0.2) is 0 Å². The zero-order valence-electron chi connectivity index (χ0n) is 13.0. The Kier molecular flexibility index (Phi) is 5.44. The first kappa shape index (κ1) is 15.8. The molecule has 0 aliphatic heterocycles. The fourth-order valence-corrected chi connectivity index (χ4v) is 3.68. The maximum Gasteiger partial charge on any atom is 0.324 e. The van der Waals surface area contributed by atoms with Crippen molar-refractivity contribution in [1.82, 2.24) is 10.2 Å². The van der Waals surface area contributed by atoms with Crippen molar-refractivity contribution in [3.8, 4) is 0 Å². The highest BCUT2D eigenvalue weighted by Gasteiger charge is 2.51. The van der Waals surface area contributed by atoms with E-state index in [1.54, 1.807) is 0 Å². The summed E-state index contributed by atoms with van der Waals surface area (Å²) in [4.78, 5) is 14.3. The topological polar surface area (TPSA) is 52.6 Å². The van der Waals surface area contributed by atoms with E-state index in [4.69, 9.17) is 0 Å². The largest absolute Gasteiger partial charge is 0.480 e. The monoisotopic (exact) mass is 282 g/mol. The van der Waals surface area contributed by atoms with E-state index in [0.717, 1.165) is 58.2 Å².